The predicted molar refractivity (Wildman–Crippen MR) is 88.2 cm³/mol. The van der Waals surface area contributed by atoms with Crippen LogP contribution in [0.25, 0.3) is 6.08 Å². The molecule has 2 rings (SSSR count). The summed E-state index contributed by atoms with van der Waals surface area (Å²) in [6.07, 6.45) is 2.16. The number of amides is 1. The summed E-state index contributed by atoms with van der Waals surface area (Å²) in [5.41, 5.74) is 0.866. The lowest BCUT2D eigenvalue weighted by Crippen LogP contribution is -2.29. The topological polar surface area (TPSA) is 57.6 Å². The fraction of sp³-hybridized carbons (Fsp3) is 0.214. The molecule has 1 aromatic carbocycles. The molecule has 110 valence electrons. The Morgan fingerprint density at radius 2 is 2.05 bits per heavy atom. The average Bonchev–Trinajstić information content (AvgIpc) is 2.68. The van der Waals surface area contributed by atoms with E-state index in [0.29, 0.717) is 27.2 Å². The Balaban J connectivity index is 2.06. The van der Waals surface area contributed by atoms with Gasteiger partial charge in [0.15, 0.2) is 0 Å². The molecule has 1 aliphatic rings. The quantitative estimate of drug-likeness (QED) is 0.657. The molecule has 7 heteroatoms. The van der Waals surface area contributed by atoms with Gasteiger partial charge in [-0.05, 0) is 30.2 Å². The third kappa shape index (κ3) is 4.30. The molecule has 0 unspecified atom stereocenters. The number of halogens is 1. The van der Waals surface area contributed by atoms with E-state index in [4.69, 9.17) is 28.9 Å². The monoisotopic (exact) mass is 341 g/mol. The summed E-state index contributed by atoms with van der Waals surface area (Å²) in [5, 5.41) is 9.26. The molecule has 4 nitrogen and oxygen atoms in total. The molecule has 0 radical (unpaired) electrons. The Morgan fingerprint density at radius 1 is 1.38 bits per heavy atom. The van der Waals surface area contributed by atoms with Gasteiger partial charge in [-0.3, -0.25) is 14.5 Å². The molecule has 0 spiro atoms. The van der Waals surface area contributed by atoms with Crippen molar-refractivity contribution in [3.8, 4) is 0 Å². The van der Waals surface area contributed by atoms with Gasteiger partial charge in [-0.2, -0.15) is 0 Å². The minimum absolute atomic E-state index is 0.0211. The molecule has 0 saturated carbocycles. The van der Waals surface area contributed by atoms with E-state index < -0.39 is 5.97 Å². The van der Waals surface area contributed by atoms with Crippen molar-refractivity contribution in [3.05, 3.63) is 39.8 Å². The number of carboxylic acids is 1. The number of hydrogen-bond acceptors (Lipinski definition) is 4. The lowest BCUT2D eigenvalue weighted by atomic mass is 10.2. The van der Waals surface area contributed by atoms with Gasteiger partial charge in [0.2, 0.25) is 0 Å². The van der Waals surface area contributed by atoms with E-state index in [-0.39, 0.29) is 12.3 Å². The average molecular weight is 342 g/mol. The maximum Gasteiger partial charge on any atom is 0.303 e. The van der Waals surface area contributed by atoms with Gasteiger partial charge in [-0.15, -0.1) is 0 Å². The summed E-state index contributed by atoms with van der Waals surface area (Å²) in [5.74, 6) is -1.05. The predicted octanol–water partition coefficient (Wildman–Crippen LogP) is 3.41. The van der Waals surface area contributed by atoms with Gasteiger partial charge in [0.05, 0.1) is 4.91 Å². The number of rotatable bonds is 5. The highest BCUT2D eigenvalue weighted by Crippen LogP contribution is 2.32. The van der Waals surface area contributed by atoms with Gasteiger partial charge < -0.3 is 5.11 Å². The lowest BCUT2D eigenvalue weighted by molar-refractivity contribution is -0.137. The van der Waals surface area contributed by atoms with Crippen LogP contribution in [-0.2, 0) is 9.59 Å². The van der Waals surface area contributed by atoms with Crippen molar-refractivity contribution in [2.75, 3.05) is 6.54 Å². The van der Waals surface area contributed by atoms with E-state index in [1.54, 1.807) is 18.2 Å². The standard InChI is InChI=1S/C14H12ClNO3S2/c15-10-5-3-9(4-6-10)8-11-13(19)16(14(20)21-11)7-1-2-12(17)18/h3-6,8H,1-2,7H2,(H,17,18)/b11-8+. The van der Waals surface area contributed by atoms with Crippen molar-refractivity contribution < 1.29 is 14.7 Å². The molecule has 0 atom stereocenters. The second-order valence-corrected chi connectivity index (χ2v) is 6.49. The normalized spacial score (nSPS) is 16.8. The number of thioether (sulfide) groups is 1. The Morgan fingerprint density at radius 3 is 2.67 bits per heavy atom. The third-order valence-electron chi connectivity index (χ3n) is 2.81. The zero-order valence-electron chi connectivity index (χ0n) is 10.9. The zero-order valence-corrected chi connectivity index (χ0v) is 13.3. The molecule has 0 bridgehead atoms. The van der Waals surface area contributed by atoms with Crippen LogP contribution in [0.5, 0.6) is 0 Å². The molecule has 1 aromatic rings. The van der Waals surface area contributed by atoms with Crippen LogP contribution >= 0.6 is 35.6 Å². The largest absolute Gasteiger partial charge is 0.481 e. The van der Waals surface area contributed by atoms with Gasteiger partial charge in [0, 0.05) is 18.0 Å². The van der Waals surface area contributed by atoms with Crippen LogP contribution in [0, 0.1) is 0 Å². The minimum Gasteiger partial charge on any atom is -0.481 e. The molecule has 1 aliphatic heterocycles. The van der Waals surface area contributed by atoms with E-state index in [9.17, 15) is 9.59 Å². The summed E-state index contributed by atoms with van der Waals surface area (Å²) in [7, 11) is 0. The molecule has 21 heavy (non-hydrogen) atoms. The van der Waals surface area contributed by atoms with Crippen LogP contribution in [0.4, 0.5) is 0 Å². The number of carbonyl (C=O) groups is 2. The first-order chi connectivity index (χ1) is 9.97. The van der Waals surface area contributed by atoms with E-state index >= 15 is 0 Å². The van der Waals surface area contributed by atoms with Gasteiger partial charge in [-0.1, -0.05) is 47.7 Å². The number of carbonyl (C=O) groups excluding carboxylic acids is 1. The van der Waals surface area contributed by atoms with E-state index in [1.807, 2.05) is 12.1 Å². The number of benzene rings is 1. The first kappa shape index (κ1) is 16.0. The van der Waals surface area contributed by atoms with Crippen molar-refractivity contribution in [1.82, 2.24) is 4.90 Å². The number of hydrogen-bond donors (Lipinski definition) is 1. The lowest BCUT2D eigenvalue weighted by Gasteiger charge is -2.13. The van der Waals surface area contributed by atoms with Crippen LogP contribution in [-0.4, -0.2) is 32.7 Å². The summed E-state index contributed by atoms with van der Waals surface area (Å²) < 4.78 is 0.464. The van der Waals surface area contributed by atoms with E-state index in [1.165, 1.54) is 16.7 Å². The maximum absolute atomic E-state index is 12.2. The molecule has 0 aromatic heterocycles. The molecular formula is C14H12ClNO3S2. The van der Waals surface area contributed by atoms with Crippen molar-refractivity contribution in [2.24, 2.45) is 0 Å². The van der Waals surface area contributed by atoms with Crippen molar-refractivity contribution in [1.29, 1.82) is 0 Å². The van der Waals surface area contributed by atoms with Gasteiger partial charge in [-0.25, -0.2) is 0 Å². The Kier molecular flexibility index (Phi) is 5.39. The Hall–Kier alpha value is -1.37. The van der Waals surface area contributed by atoms with Crippen LogP contribution in [0.1, 0.15) is 18.4 Å². The van der Waals surface area contributed by atoms with Crippen molar-refractivity contribution in [3.63, 3.8) is 0 Å². The highest BCUT2D eigenvalue weighted by molar-refractivity contribution is 8.26. The van der Waals surface area contributed by atoms with Crippen LogP contribution in [0.2, 0.25) is 5.02 Å². The van der Waals surface area contributed by atoms with Crippen LogP contribution in [0.3, 0.4) is 0 Å². The van der Waals surface area contributed by atoms with Crippen molar-refractivity contribution in [2.45, 2.75) is 12.8 Å². The van der Waals surface area contributed by atoms with Crippen LogP contribution < -0.4 is 0 Å². The van der Waals surface area contributed by atoms with Gasteiger partial charge >= 0.3 is 5.97 Å². The second-order valence-electron chi connectivity index (χ2n) is 4.38. The van der Waals surface area contributed by atoms with E-state index in [2.05, 4.69) is 0 Å². The van der Waals surface area contributed by atoms with Gasteiger partial charge in [0.25, 0.3) is 5.91 Å². The third-order valence-corrected chi connectivity index (χ3v) is 4.44. The Bertz CT molecular complexity index is 613. The fourth-order valence-electron chi connectivity index (χ4n) is 1.79. The molecule has 1 N–H and O–H groups in total. The molecule has 1 amide bonds. The van der Waals surface area contributed by atoms with E-state index in [0.717, 1.165) is 5.56 Å². The Labute approximate surface area is 136 Å². The highest BCUT2D eigenvalue weighted by atomic mass is 35.5. The van der Waals surface area contributed by atoms with Gasteiger partial charge in [0.1, 0.15) is 4.32 Å². The summed E-state index contributed by atoms with van der Waals surface area (Å²) >= 11 is 12.2. The first-order valence-electron chi connectivity index (χ1n) is 6.20. The number of carboxylic acid groups (broad SMARTS) is 1. The zero-order chi connectivity index (χ0) is 15.4. The SMILES string of the molecule is O=C(O)CCCN1C(=O)/C(=C\c2ccc(Cl)cc2)SC1=S. The summed E-state index contributed by atoms with van der Waals surface area (Å²) in [6.45, 7) is 0.328. The molecule has 1 heterocycles. The minimum atomic E-state index is -0.878. The number of thiocarbonyl (C=S) groups is 1. The number of aliphatic carboxylic acids is 1. The molecule has 1 saturated heterocycles. The number of nitrogens with zero attached hydrogens (tertiary/aromatic N) is 1. The molecule has 1 fully saturated rings. The fourth-order valence-corrected chi connectivity index (χ4v) is 3.23. The molecular weight excluding hydrogens is 330 g/mol. The smallest absolute Gasteiger partial charge is 0.303 e. The second kappa shape index (κ2) is 7.06. The molecule has 0 aliphatic carbocycles. The van der Waals surface area contributed by atoms with Crippen molar-refractivity contribution >= 4 is 57.9 Å². The highest BCUT2D eigenvalue weighted by Gasteiger charge is 2.31. The summed E-state index contributed by atoms with van der Waals surface area (Å²) in [6, 6.07) is 7.14. The first-order valence-corrected chi connectivity index (χ1v) is 7.80. The maximum atomic E-state index is 12.2. The van der Waals surface area contributed by atoms with Crippen LogP contribution in [0.15, 0.2) is 29.2 Å². The summed E-state index contributed by atoms with van der Waals surface area (Å²) in [4.78, 5) is 24.7.